The highest BCUT2D eigenvalue weighted by molar-refractivity contribution is 6.09. The van der Waals surface area contributed by atoms with Crippen molar-refractivity contribution in [2.45, 2.75) is 48.4 Å². The molecule has 2 rings (SSSR count). The van der Waals surface area contributed by atoms with Crippen LogP contribution in [0.2, 0.25) is 0 Å². The number of rotatable bonds is 14. The van der Waals surface area contributed by atoms with Crippen LogP contribution in [0, 0.1) is 0 Å². The number of halogens is 17. The molecule has 264 valence electrons. The first-order valence-electron chi connectivity index (χ1n) is 11.7. The summed E-state index contributed by atoms with van der Waals surface area (Å²) in [4.78, 5) is 24.4. The molecule has 1 N–H and O–H groups in total. The Hall–Kier alpha value is -3.89. The predicted octanol–water partition coefficient (Wildman–Crippen LogP) is 7.99. The van der Waals surface area contributed by atoms with Crippen LogP contribution in [0.5, 0.6) is 0 Å². The van der Waals surface area contributed by atoms with Crippen molar-refractivity contribution >= 4 is 17.4 Å². The summed E-state index contributed by atoms with van der Waals surface area (Å²) in [5, 5.41) is 2.77. The van der Waals surface area contributed by atoms with Crippen LogP contribution in [-0.4, -0.2) is 73.8 Å². The molecule has 0 fully saturated rings. The molecule has 0 radical (unpaired) electrons. The van der Waals surface area contributed by atoms with Crippen molar-refractivity contribution in [2.75, 3.05) is 19.0 Å². The molecule has 0 saturated carbocycles. The summed E-state index contributed by atoms with van der Waals surface area (Å²) in [6.45, 7) is -3.04. The minimum absolute atomic E-state index is 0.118. The van der Waals surface area contributed by atoms with Crippen LogP contribution in [0.1, 0.15) is 26.3 Å². The zero-order chi connectivity index (χ0) is 36.7. The van der Waals surface area contributed by atoms with E-state index >= 15 is 0 Å². The number of nitrogens with one attached hydrogen (secondary N) is 1. The van der Waals surface area contributed by atoms with E-state index in [0.29, 0.717) is 5.69 Å². The van der Waals surface area contributed by atoms with E-state index in [1.807, 2.05) is 0 Å². The van der Waals surface area contributed by atoms with E-state index in [-0.39, 0.29) is 11.1 Å². The lowest BCUT2D eigenvalue weighted by Crippen LogP contribution is -2.64. The quantitative estimate of drug-likeness (QED) is 0.121. The third-order valence-electron chi connectivity index (χ3n) is 5.59. The number of hydrogen-bond donors (Lipinski definition) is 1. The molecule has 0 aromatic heterocycles. The molecule has 0 atom stereocenters. The van der Waals surface area contributed by atoms with Gasteiger partial charge in [-0.1, -0.05) is 12.1 Å². The second kappa shape index (κ2) is 12.6. The van der Waals surface area contributed by atoms with Crippen molar-refractivity contribution in [1.29, 1.82) is 0 Å². The van der Waals surface area contributed by atoms with E-state index in [2.05, 4.69) is 10.1 Å². The number of hydrogen-bond acceptors (Lipinski definition) is 6. The number of ketones is 1. The first-order valence-corrected chi connectivity index (χ1v) is 11.7. The maximum atomic E-state index is 13.9. The van der Waals surface area contributed by atoms with Gasteiger partial charge in [0.25, 0.3) is 0 Å². The number of alkyl halides is 17. The van der Waals surface area contributed by atoms with Gasteiger partial charge in [0, 0.05) is 23.9 Å². The summed E-state index contributed by atoms with van der Waals surface area (Å²) in [5.41, 5.74) is -0.139. The van der Waals surface area contributed by atoms with Gasteiger partial charge in [-0.2, -0.15) is 74.6 Å². The second-order valence-electron chi connectivity index (χ2n) is 8.93. The van der Waals surface area contributed by atoms with E-state index in [1.54, 1.807) is 11.8 Å². The highest BCUT2D eigenvalue weighted by Crippen LogP contribution is 2.55. The molecular formula is C24H14F17NO5. The molecule has 0 aliphatic heterocycles. The summed E-state index contributed by atoms with van der Waals surface area (Å²) in [6, 6.07) is 9.06. The molecule has 0 bridgehead atoms. The maximum absolute atomic E-state index is 13.9. The number of carbonyl (C=O) groups excluding carboxylic acids is 2. The predicted molar refractivity (Wildman–Crippen MR) is 119 cm³/mol. The minimum atomic E-state index is -8.09. The monoisotopic (exact) mass is 719 g/mol. The molecule has 0 unspecified atom stereocenters. The molecule has 23 heteroatoms. The maximum Gasteiger partial charge on any atom is 0.462 e. The number of benzene rings is 2. The highest BCUT2D eigenvalue weighted by atomic mass is 19.4. The molecule has 6 nitrogen and oxygen atoms in total. The molecular weight excluding hydrogens is 705 g/mol. The number of carbonyl (C=O) groups is 2. The fraction of sp³-hybridized carbons (Fsp3) is 0.417. The minimum Gasteiger partial charge on any atom is -0.455 e. The molecule has 0 saturated heterocycles. The average Bonchev–Trinajstić information content (AvgIpc) is 2.93. The van der Waals surface area contributed by atoms with Crippen molar-refractivity contribution in [2.24, 2.45) is 0 Å². The van der Waals surface area contributed by atoms with Crippen LogP contribution in [-0.2, 0) is 14.2 Å². The molecule has 2 aromatic rings. The van der Waals surface area contributed by atoms with Crippen molar-refractivity contribution in [3.63, 3.8) is 0 Å². The normalized spacial score (nSPS) is 14.2. The van der Waals surface area contributed by atoms with Crippen molar-refractivity contribution in [3.05, 3.63) is 65.2 Å². The molecule has 0 heterocycles. The highest BCUT2D eigenvalue weighted by Gasteiger charge is 2.83. The molecule has 0 amide bonds. The lowest BCUT2D eigenvalue weighted by Gasteiger charge is -2.37. The standard InChI is InChI=1S/C24H14F17NO5/c1-42-14-8-6-12(7-9-14)15(43)11-2-4-13(5-3-11)16(44)45-10-17(25,26)21(34,35)46-23(38,39)19(29,30)24(40,41)47-22(36,37)18(27,28)20(31,32)33/h2-9,42H,10H2,1H3. The summed E-state index contributed by atoms with van der Waals surface area (Å²) in [7, 11) is 1.58. The first kappa shape index (κ1) is 39.3. The van der Waals surface area contributed by atoms with Gasteiger partial charge in [-0.05, 0) is 36.4 Å². The van der Waals surface area contributed by atoms with Crippen LogP contribution in [0.25, 0.3) is 0 Å². The van der Waals surface area contributed by atoms with Gasteiger partial charge in [0.15, 0.2) is 12.4 Å². The second-order valence-corrected chi connectivity index (χ2v) is 8.93. The lowest BCUT2D eigenvalue weighted by molar-refractivity contribution is -0.542. The van der Waals surface area contributed by atoms with Gasteiger partial charge in [-0.3, -0.25) is 4.79 Å². The van der Waals surface area contributed by atoms with Crippen molar-refractivity contribution in [3.8, 4) is 0 Å². The molecule has 0 spiro atoms. The van der Waals surface area contributed by atoms with Crippen LogP contribution in [0.4, 0.5) is 80.3 Å². The summed E-state index contributed by atoms with van der Waals surface area (Å²) >= 11 is 0. The summed E-state index contributed by atoms with van der Waals surface area (Å²) in [5.74, 6) is -24.8. The Labute approximate surface area is 249 Å². The van der Waals surface area contributed by atoms with Gasteiger partial charge in [0.1, 0.15) is 0 Å². The van der Waals surface area contributed by atoms with Gasteiger partial charge in [0.05, 0.1) is 5.56 Å². The van der Waals surface area contributed by atoms with Gasteiger partial charge < -0.3 is 10.1 Å². The van der Waals surface area contributed by atoms with Gasteiger partial charge in [-0.15, -0.1) is 0 Å². The molecule has 47 heavy (non-hydrogen) atoms. The topological polar surface area (TPSA) is 73.9 Å². The Balaban J connectivity index is 2.17. The molecule has 0 aliphatic rings. The van der Waals surface area contributed by atoms with Gasteiger partial charge in [0.2, 0.25) is 0 Å². The Bertz CT molecular complexity index is 1420. The van der Waals surface area contributed by atoms with E-state index in [1.165, 1.54) is 29.0 Å². The van der Waals surface area contributed by atoms with Crippen LogP contribution < -0.4 is 5.32 Å². The summed E-state index contributed by atoms with van der Waals surface area (Å²) < 4.78 is 231. The third kappa shape index (κ3) is 7.81. The van der Waals surface area contributed by atoms with Crippen molar-refractivity contribution in [1.82, 2.24) is 0 Å². The number of esters is 1. The van der Waals surface area contributed by atoms with Crippen LogP contribution in [0.15, 0.2) is 48.5 Å². The molecule has 2 aromatic carbocycles. The molecule has 0 aliphatic carbocycles. The Morgan fingerprint density at radius 3 is 1.32 bits per heavy atom. The average molecular weight is 719 g/mol. The Kier molecular flexibility index (Phi) is 10.5. The summed E-state index contributed by atoms with van der Waals surface area (Å²) in [6.07, 6.45) is -38.2. The van der Waals surface area contributed by atoms with Gasteiger partial charge >= 0.3 is 54.3 Å². The fourth-order valence-electron chi connectivity index (χ4n) is 2.96. The smallest absolute Gasteiger partial charge is 0.455 e. The third-order valence-corrected chi connectivity index (χ3v) is 5.59. The van der Waals surface area contributed by atoms with E-state index in [4.69, 9.17) is 0 Å². The SMILES string of the molecule is CNc1ccc(C(=O)c2ccc(C(=O)OCC(F)(F)C(F)(F)OC(F)(F)C(F)(F)C(F)(F)OC(F)(F)C(F)(F)C(F)(F)F)cc2)cc1. The Morgan fingerprint density at radius 2 is 0.915 bits per heavy atom. The van der Waals surface area contributed by atoms with Crippen LogP contribution >= 0.6 is 0 Å². The number of anilines is 1. The van der Waals surface area contributed by atoms with E-state index in [0.717, 1.165) is 24.3 Å². The largest absolute Gasteiger partial charge is 0.462 e. The van der Waals surface area contributed by atoms with E-state index < -0.39 is 72.3 Å². The fourth-order valence-corrected chi connectivity index (χ4v) is 2.96. The van der Waals surface area contributed by atoms with E-state index in [9.17, 15) is 84.2 Å². The van der Waals surface area contributed by atoms with Crippen molar-refractivity contribution < 1.29 is 98.4 Å². The number of ether oxygens (including phenoxy) is 3. The van der Waals surface area contributed by atoms with Crippen LogP contribution in [0.3, 0.4) is 0 Å². The van der Waals surface area contributed by atoms with Gasteiger partial charge in [-0.25, -0.2) is 14.3 Å². The Morgan fingerprint density at radius 1 is 0.553 bits per heavy atom. The zero-order valence-corrected chi connectivity index (χ0v) is 22.3. The lowest BCUT2D eigenvalue weighted by atomic mass is 10.0. The first-order chi connectivity index (χ1) is 21.0. The zero-order valence-electron chi connectivity index (χ0n) is 22.3.